The highest BCUT2D eigenvalue weighted by molar-refractivity contribution is 7.12. The molecule has 0 aliphatic heterocycles. The Kier molecular flexibility index (Phi) is 10.4. The average molecular weight is 617 g/mol. The maximum atomic E-state index is 13.9. The minimum absolute atomic E-state index is 0.0960. The van der Waals surface area contributed by atoms with Crippen molar-refractivity contribution in [3.8, 4) is 5.75 Å². The Balaban J connectivity index is 1.31. The molecule has 3 fully saturated rings. The van der Waals surface area contributed by atoms with Crippen molar-refractivity contribution in [1.29, 1.82) is 0 Å². The van der Waals surface area contributed by atoms with Gasteiger partial charge in [-0.05, 0) is 97.5 Å². The number of amides is 3. The lowest BCUT2D eigenvalue weighted by atomic mass is 9.54. The number of hydrogen-bond donors (Lipinski definition) is 4. The highest BCUT2D eigenvalue weighted by Gasteiger charge is 2.48. The average Bonchev–Trinajstić information content (AvgIpc) is 3.61. The number of thiophene rings is 1. The van der Waals surface area contributed by atoms with Crippen molar-refractivity contribution in [1.82, 2.24) is 16.0 Å². The van der Waals surface area contributed by atoms with Crippen molar-refractivity contribution in [3.05, 3.63) is 88.1 Å². The minimum Gasteiger partial charge on any atom is -0.494 e. The predicted molar refractivity (Wildman–Crippen MR) is 174 cm³/mol. The van der Waals surface area contributed by atoms with Crippen molar-refractivity contribution in [2.75, 3.05) is 19.7 Å². The van der Waals surface area contributed by atoms with Gasteiger partial charge in [0.2, 0.25) is 11.8 Å². The fraction of sp³-hybridized carbons (Fsp3) is 0.457. The summed E-state index contributed by atoms with van der Waals surface area (Å²) in [5.74, 6) is -0.190. The molecule has 1 heterocycles. The number of nitrogens with one attached hydrogen (secondary N) is 3. The van der Waals surface area contributed by atoms with E-state index in [1.807, 2.05) is 66.9 Å². The van der Waals surface area contributed by atoms with Crippen LogP contribution in [0.25, 0.3) is 0 Å². The predicted octanol–water partition coefficient (Wildman–Crippen LogP) is 4.63. The number of ether oxygens (including phenoxy) is 1. The molecule has 0 radical (unpaired) electrons. The van der Waals surface area contributed by atoms with E-state index in [-0.39, 0.29) is 29.1 Å². The fourth-order valence-corrected chi connectivity index (χ4v) is 7.24. The molecular formula is C35H44N4O4S. The molecule has 44 heavy (non-hydrogen) atoms. The van der Waals surface area contributed by atoms with Gasteiger partial charge in [-0.2, -0.15) is 0 Å². The van der Waals surface area contributed by atoms with Gasteiger partial charge in [-0.1, -0.05) is 48.5 Å². The van der Waals surface area contributed by atoms with Gasteiger partial charge in [0.25, 0.3) is 5.91 Å². The molecule has 2 atom stereocenters. The van der Waals surface area contributed by atoms with Gasteiger partial charge in [0.15, 0.2) is 0 Å². The van der Waals surface area contributed by atoms with Gasteiger partial charge in [-0.3, -0.25) is 14.4 Å². The molecule has 6 rings (SSSR count). The zero-order valence-corrected chi connectivity index (χ0v) is 26.3. The first kappa shape index (κ1) is 31.7. The summed E-state index contributed by atoms with van der Waals surface area (Å²) in [6.07, 6.45) is 7.15. The molecule has 2 aromatic carbocycles. The van der Waals surface area contributed by atoms with Gasteiger partial charge >= 0.3 is 0 Å². The largest absolute Gasteiger partial charge is 0.494 e. The van der Waals surface area contributed by atoms with Crippen molar-refractivity contribution in [2.45, 2.75) is 70.4 Å². The molecule has 0 spiro atoms. The third-order valence-corrected chi connectivity index (χ3v) is 10.5. The molecule has 234 valence electrons. The third kappa shape index (κ3) is 7.87. The summed E-state index contributed by atoms with van der Waals surface area (Å²) in [5, 5.41) is 11.0. The second kappa shape index (κ2) is 14.4. The Labute approximate surface area is 264 Å². The van der Waals surface area contributed by atoms with Crippen molar-refractivity contribution >= 4 is 29.1 Å². The highest BCUT2D eigenvalue weighted by atomic mass is 32.1. The van der Waals surface area contributed by atoms with E-state index in [0.717, 1.165) is 61.9 Å². The fourth-order valence-electron chi connectivity index (χ4n) is 6.61. The second-order valence-electron chi connectivity index (χ2n) is 12.5. The van der Waals surface area contributed by atoms with Crippen LogP contribution >= 0.6 is 11.3 Å². The van der Waals surface area contributed by atoms with Gasteiger partial charge in [-0.25, -0.2) is 0 Å². The normalized spacial score (nSPS) is 22.0. The maximum absolute atomic E-state index is 13.9. The van der Waals surface area contributed by atoms with Gasteiger partial charge in [0.1, 0.15) is 17.8 Å². The van der Waals surface area contributed by atoms with Crippen LogP contribution in [0.4, 0.5) is 0 Å². The summed E-state index contributed by atoms with van der Waals surface area (Å²) >= 11 is 1.31. The molecule has 5 N–H and O–H groups in total. The summed E-state index contributed by atoms with van der Waals surface area (Å²) in [5.41, 5.74) is 8.29. The van der Waals surface area contributed by atoms with Crippen LogP contribution < -0.4 is 26.4 Å². The Morgan fingerprint density at radius 1 is 0.795 bits per heavy atom. The summed E-state index contributed by atoms with van der Waals surface area (Å²) < 4.78 is 5.56. The third-order valence-electron chi connectivity index (χ3n) is 9.58. The lowest BCUT2D eigenvalue weighted by Crippen LogP contribution is -2.56. The second-order valence-corrected chi connectivity index (χ2v) is 13.4. The van der Waals surface area contributed by atoms with Crippen LogP contribution in [0, 0.1) is 10.8 Å². The molecule has 2 bridgehead atoms. The summed E-state index contributed by atoms with van der Waals surface area (Å²) in [4.78, 5) is 41.2. The molecule has 3 saturated carbocycles. The van der Waals surface area contributed by atoms with Crippen LogP contribution in [0.3, 0.4) is 0 Å². The number of carbonyl (C=O) groups is 3. The molecule has 3 amide bonds. The lowest BCUT2D eigenvalue weighted by molar-refractivity contribution is -0.130. The van der Waals surface area contributed by atoms with E-state index in [0.29, 0.717) is 24.4 Å². The monoisotopic (exact) mass is 616 g/mol. The zero-order chi connectivity index (χ0) is 31.0. The van der Waals surface area contributed by atoms with Crippen molar-refractivity contribution in [3.63, 3.8) is 0 Å². The van der Waals surface area contributed by atoms with Crippen molar-refractivity contribution in [2.24, 2.45) is 16.6 Å². The number of nitrogens with two attached hydrogens (primary N) is 1. The highest BCUT2D eigenvalue weighted by Crippen LogP contribution is 2.56. The number of benzene rings is 2. The van der Waals surface area contributed by atoms with E-state index in [2.05, 4.69) is 16.0 Å². The van der Waals surface area contributed by atoms with Crippen molar-refractivity contribution < 1.29 is 19.1 Å². The molecule has 0 unspecified atom stereocenters. The summed E-state index contributed by atoms with van der Waals surface area (Å²) in [6.45, 7) is 3.81. The van der Waals surface area contributed by atoms with Crippen LogP contribution in [0.15, 0.2) is 72.1 Å². The first-order valence-corrected chi connectivity index (χ1v) is 16.6. The van der Waals surface area contributed by atoms with Crippen LogP contribution in [0.5, 0.6) is 5.75 Å². The smallest absolute Gasteiger partial charge is 0.262 e. The van der Waals surface area contributed by atoms with Crippen LogP contribution in [-0.2, 0) is 22.4 Å². The standard InChI is InChI=1S/C35H44N4O4S/c1-2-43-27-12-10-26(11-13-27)22-29(39-33(42)30-9-6-20-44-30)32(41)38-28(21-25-7-4-3-5-8-25)31(40)37-24-35-17-14-34(23-36,15-18-35)16-19-35/h3-13,20,28-29H,2,14-19,21-24,36H2,1H3,(H,37,40)(H,38,41)(H,39,42)/t28-,29+,34?,35?/m0/s1. The van der Waals surface area contributed by atoms with Gasteiger partial charge in [0, 0.05) is 19.4 Å². The lowest BCUT2D eigenvalue weighted by Gasteiger charge is -2.53. The Morgan fingerprint density at radius 2 is 1.41 bits per heavy atom. The first-order chi connectivity index (χ1) is 21.3. The van der Waals surface area contributed by atoms with Crippen LogP contribution in [0.2, 0.25) is 0 Å². The maximum Gasteiger partial charge on any atom is 0.262 e. The van der Waals surface area contributed by atoms with E-state index in [9.17, 15) is 14.4 Å². The Hall–Kier alpha value is -3.69. The van der Waals surface area contributed by atoms with Gasteiger partial charge in [0.05, 0.1) is 11.5 Å². The summed E-state index contributed by atoms with van der Waals surface area (Å²) in [7, 11) is 0. The number of hydrogen-bond acceptors (Lipinski definition) is 6. The number of rotatable bonds is 14. The van der Waals surface area contributed by atoms with E-state index in [1.54, 1.807) is 12.1 Å². The molecular weight excluding hydrogens is 572 g/mol. The van der Waals surface area contributed by atoms with Gasteiger partial charge in [-0.15, -0.1) is 11.3 Å². The number of carbonyl (C=O) groups excluding carboxylic acids is 3. The number of fused-ring (bicyclic) bond motifs is 3. The SMILES string of the molecule is CCOc1ccc(C[C@@H](NC(=O)c2cccs2)C(=O)N[C@@H](Cc2ccccc2)C(=O)NCC23CCC(CN)(CC2)CC3)cc1. The molecule has 3 aliphatic carbocycles. The molecule has 3 aliphatic rings. The van der Waals surface area contributed by atoms with E-state index in [4.69, 9.17) is 10.5 Å². The van der Waals surface area contributed by atoms with E-state index in [1.165, 1.54) is 11.3 Å². The quantitative estimate of drug-likeness (QED) is 0.210. The molecule has 0 saturated heterocycles. The van der Waals surface area contributed by atoms with Crippen LogP contribution in [-0.4, -0.2) is 49.5 Å². The zero-order valence-electron chi connectivity index (χ0n) is 25.5. The summed E-state index contributed by atoms with van der Waals surface area (Å²) in [6, 6.07) is 19.0. The van der Waals surface area contributed by atoms with Crippen LogP contribution in [0.1, 0.15) is 66.2 Å². The molecule has 9 heteroatoms. The van der Waals surface area contributed by atoms with Gasteiger partial charge < -0.3 is 26.4 Å². The van der Waals surface area contributed by atoms with E-state index >= 15 is 0 Å². The molecule has 8 nitrogen and oxygen atoms in total. The minimum atomic E-state index is -0.881. The first-order valence-electron chi connectivity index (χ1n) is 15.7. The molecule has 3 aromatic rings. The van der Waals surface area contributed by atoms with E-state index < -0.39 is 18.0 Å². The topological polar surface area (TPSA) is 123 Å². The molecule has 1 aromatic heterocycles. The Bertz CT molecular complexity index is 1370. The Morgan fingerprint density at radius 3 is 2.00 bits per heavy atom.